The molecule has 1 atom stereocenters. The summed E-state index contributed by atoms with van der Waals surface area (Å²) < 4.78 is 40.8. The smallest absolute Gasteiger partial charge is 0.252 e. The van der Waals surface area contributed by atoms with Gasteiger partial charge in [-0.2, -0.15) is 15.0 Å². The summed E-state index contributed by atoms with van der Waals surface area (Å²) in [6, 6.07) is -0.490. The first-order valence-electron chi connectivity index (χ1n) is 8.78. The van der Waals surface area contributed by atoms with Gasteiger partial charge in [0.25, 0.3) is 5.92 Å². The maximum atomic E-state index is 14.6. The zero-order chi connectivity index (χ0) is 20.0. The molecule has 11 heteroatoms. The minimum absolute atomic E-state index is 0.00813. The number of halogens is 3. The molecule has 3 N–H and O–H groups in total. The number of alkyl halides is 2. The Morgan fingerprint density at radius 3 is 2.37 bits per heavy atom. The van der Waals surface area contributed by atoms with Gasteiger partial charge < -0.3 is 15.7 Å². The molecule has 1 unspecified atom stereocenters. The summed E-state index contributed by atoms with van der Waals surface area (Å²) in [6.07, 6.45) is -2.06. The molecule has 1 heterocycles. The molecule has 142 valence electrons. The van der Waals surface area contributed by atoms with Crippen LogP contribution >= 0.6 is 0 Å². The third-order valence-corrected chi connectivity index (χ3v) is 4.59. The van der Waals surface area contributed by atoms with Crippen molar-refractivity contribution in [2.75, 3.05) is 10.6 Å². The van der Waals surface area contributed by atoms with Crippen LogP contribution in [0, 0.1) is 0 Å². The summed E-state index contributed by atoms with van der Waals surface area (Å²) in [4.78, 5) is 12.5. The number of anilines is 2. The second kappa shape index (κ2) is 7.00. The summed E-state index contributed by atoms with van der Waals surface area (Å²) in [5.41, 5.74) is 0.0743. The van der Waals surface area contributed by atoms with Gasteiger partial charge in [0.15, 0.2) is 5.82 Å². The van der Waals surface area contributed by atoms with Crippen LogP contribution in [0.3, 0.4) is 0 Å². The van der Waals surface area contributed by atoms with Gasteiger partial charge >= 0.3 is 0 Å². The van der Waals surface area contributed by atoms with Crippen molar-refractivity contribution in [3.05, 3.63) is 11.7 Å². The number of aromatic nitrogens is 3. The van der Waals surface area contributed by atoms with E-state index in [2.05, 4.69) is 25.6 Å². The van der Waals surface area contributed by atoms with Crippen LogP contribution in [-0.2, 0) is 0 Å². The highest BCUT2D eigenvalue weighted by Crippen LogP contribution is 2.44. The van der Waals surface area contributed by atoms with E-state index >= 15 is 0 Å². The van der Waals surface area contributed by atoms with E-state index in [0.29, 0.717) is 0 Å². The van der Waals surface area contributed by atoms with Crippen molar-refractivity contribution in [1.29, 1.82) is 0 Å². The van der Waals surface area contributed by atoms with Crippen LogP contribution < -0.4 is 10.6 Å². The van der Waals surface area contributed by atoms with E-state index in [-0.39, 0.29) is 55.0 Å². The van der Waals surface area contributed by atoms with Gasteiger partial charge in [-0.15, -0.1) is 0 Å². The standard InChI is InChI=1S/C16H20B2F3N5O/c1-7(2)22-13-24-12(9-3-4-16(17,18)11(27)10(9)19)25-14(26-13)23-8-5-15(20,21)6-8/h7-8,11,27H,3-6H2,1-2H3,(H2,22,23,24,25,26). The molecule has 6 nitrogen and oxygen atoms in total. The summed E-state index contributed by atoms with van der Waals surface area (Å²) in [5, 5.41) is 14.2. The molecule has 2 aliphatic carbocycles. The summed E-state index contributed by atoms with van der Waals surface area (Å²) >= 11 is 0. The van der Waals surface area contributed by atoms with Crippen LogP contribution in [0.2, 0.25) is 5.21 Å². The normalized spacial score (nSPS) is 24.6. The second-order valence-electron chi connectivity index (χ2n) is 7.55. The van der Waals surface area contributed by atoms with Gasteiger partial charge in [-0.3, -0.25) is 0 Å². The average molecular weight is 377 g/mol. The molecule has 1 aromatic heterocycles. The van der Waals surface area contributed by atoms with Gasteiger partial charge in [-0.25, -0.2) is 13.2 Å². The fourth-order valence-electron chi connectivity index (χ4n) is 3.06. The van der Waals surface area contributed by atoms with Crippen molar-refractivity contribution >= 4 is 33.2 Å². The number of aliphatic hydroxyl groups is 1. The van der Waals surface area contributed by atoms with Crippen molar-refractivity contribution in [2.45, 2.75) is 68.9 Å². The highest BCUT2D eigenvalue weighted by molar-refractivity contribution is 6.40. The van der Waals surface area contributed by atoms with Crippen LogP contribution in [-0.4, -0.2) is 59.9 Å². The molecule has 1 saturated carbocycles. The van der Waals surface area contributed by atoms with Crippen LogP contribution in [0.1, 0.15) is 45.4 Å². The molecule has 0 saturated heterocycles. The van der Waals surface area contributed by atoms with Crippen molar-refractivity contribution in [1.82, 2.24) is 15.0 Å². The molecular formula is C16H20B2F3N5O. The molecule has 1 aromatic rings. The monoisotopic (exact) mass is 377 g/mol. The largest absolute Gasteiger partial charge is 0.387 e. The maximum Gasteiger partial charge on any atom is 0.252 e. The van der Waals surface area contributed by atoms with Crippen molar-refractivity contribution in [2.24, 2.45) is 0 Å². The average Bonchev–Trinajstić information content (AvgIpc) is 2.50. The molecule has 0 amide bonds. The first-order valence-corrected chi connectivity index (χ1v) is 8.78. The predicted octanol–water partition coefficient (Wildman–Crippen LogP) is 2.19. The fraction of sp³-hybridized carbons (Fsp3) is 0.688. The molecule has 0 bridgehead atoms. The highest BCUT2D eigenvalue weighted by Gasteiger charge is 2.45. The summed E-state index contributed by atoms with van der Waals surface area (Å²) in [5.74, 6) is -3.34. The SMILES string of the molecule is [B]C1([B])CCC(c2nc(NC(C)C)nc(NC3CC(F)(F)C3)n2)=C(F)C1O. The van der Waals surface area contributed by atoms with Gasteiger partial charge in [0.05, 0.1) is 21.8 Å². The lowest BCUT2D eigenvalue weighted by molar-refractivity contribution is -0.0794. The van der Waals surface area contributed by atoms with Gasteiger partial charge in [0, 0.05) is 30.5 Å². The number of nitrogens with one attached hydrogen (secondary N) is 2. The molecule has 0 aromatic carbocycles. The van der Waals surface area contributed by atoms with Crippen LogP contribution in [0.25, 0.3) is 5.57 Å². The molecule has 2 aliphatic rings. The first kappa shape index (κ1) is 20.0. The zero-order valence-electron chi connectivity index (χ0n) is 15.1. The Balaban J connectivity index is 1.92. The van der Waals surface area contributed by atoms with E-state index in [0.717, 1.165) is 0 Å². The Morgan fingerprint density at radius 2 is 1.78 bits per heavy atom. The van der Waals surface area contributed by atoms with Crippen molar-refractivity contribution < 1.29 is 18.3 Å². The number of aliphatic hydroxyl groups excluding tert-OH is 1. The predicted molar refractivity (Wildman–Crippen MR) is 97.6 cm³/mol. The minimum Gasteiger partial charge on any atom is -0.387 e. The lowest BCUT2D eigenvalue weighted by Crippen LogP contribution is -2.44. The summed E-state index contributed by atoms with van der Waals surface area (Å²) in [7, 11) is 11.4. The number of hydrogen-bond donors (Lipinski definition) is 3. The lowest BCUT2D eigenvalue weighted by atomic mass is 9.47. The minimum atomic E-state index is -2.69. The van der Waals surface area contributed by atoms with Crippen molar-refractivity contribution in [3.8, 4) is 0 Å². The number of allylic oxidation sites excluding steroid dienone is 1. The number of hydrogen-bond acceptors (Lipinski definition) is 6. The Morgan fingerprint density at radius 1 is 1.15 bits per heavy atom. The fourth-order valence-corrected chi connectivity index (χ4v) is 3.06. The highest BCUT2D eigenvalue weighted by atomic mass is 19.3. The Bertz CT molecular complexity index is 752. The van der Waals surface area contributed by atoms with E-state index in [1.165, 1.54) is 0 Å². The first-order chi connectivity index (χ1) is 12.5. The van der Waals surface area contributed by atoms with E-state index < -0.39 is 29.1 Å². The Kier molecular flexibility index (Phi) is 5.18. The maximum absolute atomic E-state index is 14.6. The van der Waals surface area contributed by atoms with Crippen LogP contribution in [0.15, 0.2) is 5.83 Å². The zero-order valence-corrected chi connectivity index (χ0v) is 15.1. The van der Waals surface area contributed by atoms with Crippen molar-refractivity contribution in [3.63, 3.8) is 0 Å². The molecule has 0 aliphatic heterocycles. The molecule has 0 spiro atoms. The Labute approximate surface area is 158 Å². The number of nitrogens with zero attached hydrogens (tertiary/aromatic N) is 3. The number of rotatable bonds is 5. The van der Waals surface area contributed by atoms with E-state index in [1.54, 1.807) is 0 Å². The van der Waals surface area contributed by atoms with E-state index in [1.807, 2.05) is 13.8 Å². The van der Waals surface area contributed by atoms with Crippen LogP contribution in [0.4, 0.5) is 25.1 Å². The van der Waals surface area contributed by atoms with E-state index in [4.69, 9.17) is 15.7 Å². The van der Waals surface area contributed by atoms with Crippen LogP contribution in [0.5, 0.6) is 0 Å². The second-order valence-corrected chi connectivity index (χ2v) is 7.55. The lowest BCUT2D eigenvalue weighted by Gasteiger charge is -2.36. The Hall–Kier alpha value is -1.77. The molecule has 1 fully saturated rings. The molecule has 4 radical (unpaired) electrons. The molecule has 27 heavy (non-hydrogen) atoms. The quantitative estimate of drug-likeness (QED) is 0.683. The molecule has 3 rings (SSSR count). The van der Waals surface area contributed by atoms with Gasteiger partial charge in [0.2, 0.25) is 11.9 Å². The van der Waals surface area contributed by atoms with E-state index in [9.17, 15) is 18.3 Å². The summed E-state index contributed by atoms with van der Waals surface area (Å²) in [6.45, 7) is 3.73. The third-order valence-electron chi connectivity index (χ3n) is 4.59. The van der Waals surface area contributed by atoms with Gasteiger partial charge in [0.1, 0.15) is 5.83 Å². The third kappa shape index (κ3) is 4.39. The topological polar surface area (TPSA) is 83.0 Å². The van der Waals surface area contributed by atoms with Gasteiger partial charge in [-0.1, -0.05) is 11.6 Å². The van der Waals surface area contributed by atoms with Gasteiger partial charge in [-0.05, 0) is 20.3 Å². The molecular weight excluding hydrogens is 357 g/mol.